The predicted molar refractivity (Wildman–Crippen MR) is 86.5 cm³/mol. The zero-order chi connectivity index (χ0) is 15.2. The molecule has 0 aliphatic carbocycles. The van der Waals surface area contributed by atoms with Crippen molar-refractivity contribution in [2.45, 2.75) is 39.3 Å². The van der Waals surface area contributed by atoms with Crippen LogP contribution in [0.4, 0.5) is 0 Å². The SMILES string of the molecule is CCCOc1cccc(C(O)c2c(Br)cnn2CCC)c1. The molecule has 4 nitrogen and oxygen atoms in total. The smallest absolute Gasteiger partial charge is 0.122 e. The van der Waals surface area contributed by atoms with Crippen molar-refractivity contribution in [3.05, 3.63) is 46.2 Å². The molecule has 0 aliphatic rings. The molecule has 2 rings (SSSR count). The Labute approximate surface area is 133 Å². The molecular weight excluding hydrogens is 332 g/mol. The molecule has 0 amide bonds. The second kappa shape index (κ2) is 7.61. The van der Waals surface area contributed by atoms with Crippen LogP contribution in [0.15, 0.2) is 34.9 Å². The topological polar surface area (TPSA) is 47.3 Å². The first-order valence-electron chi connectivity index (χ1n) is 7.29. The lowest BCUT2D eigenvalue weighted by atomic mass is 10.1. The summed E-state index contributed by atoms with van der Waals surface area (Å²) >= 11 is 3.47. The summed E-state index contributed by atoms with van der Waals surface area (Å²) in [5.41, 5.74) is 1.59. The van der Waals surface area contributed by atoms with Crippen molar-refractivity contribution in [2.75, 3.05) is 6.61 Å². The van der Waals surface area contributed by atoms with Crippen LogP contribution in [0.3, 0.4) is 0 Å². The van der Waals surface area contributed by atoms with Gasteiger partial charge in [0.2, 0.25) is 0 Å². The normalized spacial score (nSPS) is 12.4. The fourth-order valence-electron chi connectivity index (χ4n) is 2.19. The molecule has 0 saturated carbocycles. The third-order valence-corrected chi connectivity index (χ3v) is 3.79. The van der Waals surface area contributed by atoms with E-state index < -0.39 is 6.10 Å². The maximum Gasteiger partial charge on any atom is 0.122 e. The first-order valence-corrected chi connectivity index (χ1v) is 8.08. The maximum absolute atomic E-state index is 10.7. The van der Waals surface area contributed by atoms with Crippen molar-refractivity contribution >= 4 is 15.9 Å². The molecule has 0 aliphatic heterocycles. The number of aryl methyl sites for hydroxylation is 1. The van der Waals surface area contributed by atoms with Crippen molar-refractivity contribution in [3.8, 4) is 5.75 Å². The van der Waals surface area contributed by atoms with Crippen LogP contribution >= 0.6 is 15.9 Å². The Morgan fingerprint density at radius 3 is 2.86 bits per heavy atom. The van der Waals surface area contributed by atoms with Crippen LogP contribution in [0, 0.1) is 0 Å². The number of aromatic nitrogens is 2. The van der Waals surface area contributed by atoms with Crippen molar-refractivity contribution < 1.29 is 9.84 Å². The van der Waals surface area contributed by atoms with Crippen molar-refractivity contribution in [1.29, 1.82) is 0 Å². The summed E-state index contributed by atoms with van der Waals surface area (Å²) in [4.78, 5) is 0. The number of aliphatic hydroxyl groups is 1. The fourth-order valence-corrected chi connectivity index (χ4v) is 2.70. The van der Waals surface area contributed by atoms with E-state index in [-0.39, 0.29) is 0 Å². The lowest BCUT2D eigenvalue weighted by Gasteiger charge is -2.15. The minimum Gasteiger partial charge on any atom is -0.494 e. The van der Waals surface area contributed by atoms with Gasteiger partial charge in [0, 0.05) is 6.54 Å². The molecule has 0 spiro atoms. The Kier molecular flexibility index (Phi) is 5.82. The van der Waals surface area contributed by atoms with E-state index in [1.807, 2.05) is 28.9 Å². The van der Waals surface area contributed by atoms with Gasteiger partial charge in [0.1, 0.15) is 11.9 Å². The van der Waals surface area contributed by atoms with Crippen LogP contribution in [0.5, 0.6) is 5.75 Å². The van der Waals surface area contributed by atoms with Crippen LogP contribution in [0.2, 0.25) is 0 Å². The molecule has 1 N–H and O–H groups in total. The van der Waals surface area contributed by atoms with E-state index in [1.165, 1.54) is 0 Å². The van der Waals surface area contributed by atoms with Crippen molar-refractivity contribution in [2.24, 2.45) is 0 Å². The minimum atomic E-state index is -0.724. The van der Waals surface area contributed by atoms with Gasteiger partial charge in [-0.15, -0.1) is 0 Å². The fraction of sp³-hybridized carbons (Fsp3) is 0.438. The van der Waals surface area contributed by atoms with E-state index >= 15 is 0 Å². The third kappa shape index (κ3) is 3.86. The summed E-state index contributed by atoms with van der Waals surface area (Å²) in [6.45, 7) is 5.62. The molecular formula is C16H21BrN2O2. The van der Waals surface area contributed by atoms with Gasteiger partial charge < -0.3 is 9.84 Å². The zero-order valence-electron chi connectivity index (χ0n) is 12.4. The molecule has 1 heterocycles. The summed E-state index contributed by atoms with van der Waals surface area (Å²) in [6, 6.07) is 7.59. The van der Waals surface area contributed by atoms with E-state index in [0.29, 0.717) is 6.61 Å². The van der Waals surface area contributed by atoms with Crippen molar-refractivity contribution in [3.63, 3.8) is 0 Å². The van der Waals surface area contributed by atoms with Gasteiger partial charge in [-0.3, -0.25) is 4.68 Å². The predicted octanol–water partition coefficient (Wildman–Crippen LogP) is 3.93. The van der Waals surface area contributed by atoms with Crippen LogP contribution in [-0.2, 0) is 6.54 Å². The van der Waals surface area contributed by atoms with Gasteiger partial charge in [0.15, 0.2) is 0 Å². The Morgan fingerprint density at radius 1 is 1.33 bits per heavy atom. The van der Waals surface area contributed by atoms with Gasteiger partial charge in [-0.2, -0.15) is 5.10 Å². The molecule has 1 atom stereocenters. The largest absolute Gasteiger partial charge is 0.494 e. The van der Waals surface area contributed by atoms with Crippen LogP contribution in [0.25, 0.3) is 0 Å². The zero-order valence-corrected chi connectivity index (χ0v) is 14.0. The van der Waals surface area contributed by atoms with Gasteiger partial charge >= 0.3 is 0 Å². The summed E-state index contributed by atoms with van der Waals surface area (Å²) in [5.74, 6) is 0.783. The molecule has 21 heavy (non-hydrogen) atoms. The Balaban J connectivity index is 2.27. The standard InChI is InChI=1S/C16H21BrN2O2/c1-3-8-19-15(14(17)11-18-19)16(20)12-6-5-7-13(10-12)21-9-4-2/h5-7,10-11,16,20H,3-4,8-9H2,1-2H3. The lowest BCUT2D eigenvalue weighted by molar-refractivity contribution is 0.205. The molecule has 1 aromatic carbocycles. The highest BCUT2D eigenvalue weighted by molar-refractivity contribution is 9.10. The summed E-state index contributed by atoms with van der Waals surface area (Å²) in [5, 5.41) is 15.0. The summed E-state index contributed by atoms with van der Waals surface area (Å²) in [7, 11) is 0. The second-order valence-electron chi connectivity index (χ2n) is 4.92. The quantitative estimate of drug-likeness (QED) is 0.821. The van der Waals surface area contributed by atoms with Gasteiger partial charge in [0.25, 0.3) is 0 Å². The average molecular weight is 353 g/mol. The summed E-state index contributed by atoms with van der Waals surface area (Å²) in [6.07, 6.45) is 2.93. The van der Waals surface area contributed by atoms with E-state index in [1.54, 1.807) is 6.20 Å². The molecule has 114 valence electrons. The first kappa shape index (κ1) is 16.0. The summed E-state index contributed by atoms with van der Waals surface area (Å²) < 4.78 is 8.29. The number of ether oxygens (including phenoxy) is 1. The maximum atomic E-state index is 10.7. The Bertz CT molecular complexity index is 583. The number of halogens is 1. The Morgan fingerprint density at radius 2 is 2.14 bits per heavy atom. The average Bonchev–Trinajstić information content (AvgIpc) is 2.86. The van der Waals surface area contributed by atoms with E-state index in [0.717, 1.165) is 40.9 Å². The van der Waals surface area contributed by atoms with Crippen LogP contribution in [0.1, 0.15) is 44.1 Å². The highest BCUT2D eigenvalue weighted by Crippen LogP contribution is 2.30. The number of rotatable bonds is 7. The van der Waals surface area contributed by atoms with Gasteiger partial charge in [-0.05, 0) is 46.5 Å². The number of hydrogen-bond donors (Lipinski definition) is 1. The monoisotopic (exact) mass is 352 g/mol. The molecule has 1 unspecified atom stereocenters. The number of aliphatic hydroxyl groups excluding tert-OH is 1. The molecule has 5 heteroatoms. The van der Waals surface area contributed by atoms with Crippen LogP contribution in [-0.4, -0.2) is 21.5 Å². The van der Waals surface area contributed by atoms with Crippen LogP contribution < -0.4 is 4.74 Å². The van der Waals surface area contributed by atoms with Gasteiger partial charge in [0.05, 0.1) is 23.0 Å². The highest BCUT2D eigenvalue weighted by atomic mass is 79.9. The van der Waals surface area contributed by atoms with E-state index in [9.17, 15) is 5.11 Å². The third-order valence-electron chi connectivity index (χ3n) is 3.17. The second-order valence-corrected chi connectivity index (χ2v) is 5.78. The molecule has 1 aromatic heterocycles. The van der Waals surface area contributed by atoms with Crippen molar-refractivity contribution in [1.82, 2.24) is 9.78 Å². The molecule has 0 fully saturated rings. The van der Waals surface area contributed by atoms with E-state index in [4.69, 9.17) is 4.74 Å². The van der Waals surface area contributed by atoms with Gasteiger partial charge in [-0.25, -0.2) is 0 Å². The molecule has 0 radical (unpaired) electrons. The van der Waals surface area contributed by atoms with E-state index in [2.05, 4.69) is 34.9 Å². The molecule has 0 saturated heterocycles. The minimum absolute atomic E-state index is 0.678. The van der Waals surface area contributed by atoms with Gasteiger partial charge in [-0.1, -0.05) is 26.0 Å². The number of benzene rings is 1. The Hall–Kier alpha value is -1.33. The number of nitrogens with zero attached hydrogens (tertiary/aromatic N) is 2. The molecule has 0 bridgehead atoms. The lowest BCUT2D eigenvalue weighted by Crippen LogP contribution is -2.11. The first-order chi connectivity index (χ1) is 10.2. The number of hydrogen-bond acceptors (Lipinski definition) is 3. The molecule has 2 aromatic rings. The highest BCUT2D eigenvalue weighted by Gasteiger charge is 2.19.